The molecule has 0 aliphatic rings. The van der Waals surface area contributed by atoms with Crippen LogP contribution in [0, 0.1) is 12.3 Å². The zero-order chi connectivity index (χ0) is 18.7. The zero-order valence-electron chi connectivity index (χ0n) is 13.2. The van der Waals surface area contributed by atoms with Gasteiger partial charge in [0.05, 0.1) is 23.2 Å². The van der Waals surface area contributed by atoms with Crippen molar-refractivity contribution in [1.82, 2.24) is 19.9 Å². The lowest BCUT2D eigenvalue weighted by atomic mass is 10.1. The van der Waals surface area contributed by atoms with E-state index < -0.39 is 12.1 Å². The van der Waals surface area contributed by atoms with Crippen LogP contribution >= 0.6 is 11.3 Å². The second-order valence-electron chi connectivity index (χ2n) is 5.24. The number of rotatable bonds is 6. The summed E-state index contributed by atoms with van der Waals surface area (Å²) in [6.07, 6.45) is 4.14. The quantitative estimate of drug-likeness (QED) is 0.482. The topological polar surface area (TPSA) is 73.8 Å². The van der Waals surface area contributed by atoms with Crippen molar-refractivity contribution in [1.29, 1.82) is 0 Å². The maximum Gasteiger partial charge on any atom is 0.471 e. The SMILES string of the molecule is C#CCCC(=O)c1cnn(Cc2ccc(-c3noc(C(F)(F)F)n3)s2)c1. The molecule has 3 rings (SSSR count). The Kier molecular flexibility index (Phi) is 4.90. The molecule has 6 nitrogen and oxygen atoms in total. The highest BCUT2D eigenvalue weighted by molar-refractivity contribution is 7.15. The van der Waals surface area contributed by atoms with Gasteiger partial charge in [-0.05, 0) is 12.1 Å². The summed E-state index contributed by atoms with van der Waals surface area (Å²) in [5.74, 6) is 0.807. The van der Waals surface area contributed by atoms with Gasteiger partial charge in [0.1, 0.15) is 0 Å². The van der Waals surface area contributed by atoms with E-state index in [0.29, 0.717) is 23.4 Å². The van der Waals surface area contributed by atoms with E-state index in [-0.39, 0.29) is 18.0 Å². The molecule has 0 saturated heterocycles. The van der Waals surface area contributed by atoms with E-state index in [9.17, 15) is 18.0 Å². The number of Topliss-reactive ketones (excluding diaryl/α,β-unsaturated/α-hetero) is 1. The van der Waals surface area contributed by atoms with Crippen molar-refractivity contribution in [3.05, 3.63) is 40.9 Å². The summed E-state index contributed by atoms with van der Waals surface area (Å²) in [5, 5.41) is 7.46. The second-order valence-corrected chi connectivity index (χ2v) is 6.41. The molecule has 0 saturated carbocycles. The summed E-state index contributed by atoms with van der Waals surface area (Å²) < 4.78 is 43.3. The Hall–Kier alpha value is -2.93. The molecular formula is C16H11F3N4O2S. The average Bonchev–Trinajstić information content (AvgIpc) is 3.31. The lowest BCUT2D eigenvalue weighted by Crippen LogP contribution is -2.04. The van der Waals surface area contributed by atoms with Gasteiger partial charge in [0, 0.05) is 23.9 Å². The molecule has 0 aliphatic carbocycles. The first-order valence-electron chi connectivity index (χ1n) is 7.36. The molecule has 0 bridgehead atoms. The van der Waals surface area contributed by atoms with Crippen molar-refractivity contribution < 1.29 is 22.5 Å². The van der Waals surface area contributed by atoms with Crippen LogP contribution < -0.4 is 0 Å². The van der Waals surface area contributed by atoms with Crippen LogP contribution in [0.15, 0.2) is 29.0 Å². The average molecular weight is 380 g/mol. The molecule has 0 amide bonds. The largest absolute Gasteiger partial charge is 0.471 e. The molecule has 0 radical (unpaired) electrons. The molecule has 0 fully saturated rings. The fourth-order valence-corrected chi connectivity index (χ4v) is 3.03. The molecule has 0 spiro atoms. The van der Waals surface area contributed by atoms with Gasteiger partial charge in [0.2, 0.25) is 5.82 Å². The molecule has 0 aliphatic heterocycles. The highest BCUT2D eigenvalue weighted by Gasteiger charge is 2.38. The predicted octanol–water partition coefficient (Wildman–Crippen LogP) is 3.66. The van der Waals surface area contributed by atoms with Crippen molar-refractivity contribution in [3.8, 4) is 23.0 Å². The van der Waals surface area contributed by atoms with Crippen LogP contribution in [0.1, 0.15) is 34.0 Å². The number of alkyl halides is 3. The van der Waals surface area contributed by atoms with E-state index in [1.54, 1.807) is 23.0 Å². The predicted molar refractivity (Wildman–Crippen MR) is 86.3 cm³/mol. The van der Waals surface area contributed by atoms with E-state index in [1.807, 2.05) is 0 Å². The Morgan fingerprint density at radius 3 is 2.88 bits per heavy atom. The van der Waals surface area contributed by atoms with Gasteiger partial charge in [-0.2, -0.15) is 23.3 Å². The van der Waals surface area contributed by atoms with Crippen LogP contribution in [0.2, 0.25) is 0 Å². The Balaban J connectivity index is 1.69. The normalized spacial score (nSPS) is 11.5. The number of carbonyl (C=O) groups is 1. The first kappa shape index (κ1) is 17.9. The number of halogens is 3. The van der Waals surface area contributed by atoms with Gasteiger partial charge >= 0.3 is 12.1 Å². The molecule has 0 unspecified atom stereocenters. The van der Waals surface area contributed by atoms with Crippen LogP contribution in [-0.2, 0) is 12.7 Å². The van der Waals surface area contributed by atoms with E-state index >= 15 is 0 Å². The molecule has 3 heterocycles. The summed E-state index contributed by atoms with van der Waals surface area (Å²) >= 11 is 1.21. The lowest BCUT2D eigenvalue weighted by Gasteiger charge is -1.97. The van der Waals surface area contributed by atoms with Crippen molar-refractivity contribution in [2.75, 3.05) is 0 Å². The molecule has 134 valence electrons. The first-order chi connectivity index (χ1) is 12.4. The second kappa shape index (κ2) is 7.13. The van der Waals surface area contributed by atoms with E-state index in [2.05, 4.69) is 25.7 Å². The van der Waals surface area contributed by atoms with Crippen LogP contribution in [0.3, 0.4) is 0 Å². The summed E-state index contributed by atoms with van der Waals surface area (Å²) in [5.41, 5.74) is 0.463. The van der Waals surface area contributed by atoms with Gasteiger partial charge in [-0.3, -0.25) is 9.48 Å². The van der Waals surface area contributed by atoms with Crippen molar-refractivity contribution in [2.45, 2.75) is 25.6 Å². The third-order valence-electron chi connectivity index (χ3n) is 3.32. The van der Waals surface area contributed by atoms with Gasteiger partial charge in [-0.1, -0.05) is 5.16 Å². The molecule has 0 N–H and O–H groups in total. The minimum Gasteiger partial charge on any atom is -0.329 e. The Bertz CT molecular complexity index is 965. The Labute approximate surface area is 149 Å². The highest BCUT2D eigenvalue weighted by atomic mass is 32.1. The highest BCUT2D eigenvalue weighted by Crippen LogP contribution is 2.31. The third-order valence-corrected chi connectivity index (χ3v) is 4.39. The van der Waals surface area contributed by atoms with Crippen molar-refractivity contribution >= 4 is 17.1 Å². The smallest absolute Gasteiger partial charge is 0.329 e. The number of nitrogens with zero attached hydrogens (tertiary/aromatic N) is 4. The first-order valence-corrected chi connectivity index (χ1v) is 8.17. The number of hydrogen-bond donors (Lipinski definition) is 0. The minimum atomic E-state index is -4.68. The van der Waals surface area contributed by atoms with Crippen LogP contribution in [-0.4, -0.2) is 25.7 Å². The summed E-state index contributed by atoms with van der Waals surface area (Å²) in [4.78, 5) is 16.5. The number of hydrogen-bond acceptors (Lipinski definition) is 6. The summed E-state index contributed by atoms with van der Waals surface area (Å²) in [6, 6.07) is 3.33. The van der Waals surface area contributed by atoms with Gasteiger partial charge in [0.15, 0.2) is 5.78 Å². The zero-order valence-corrected chi connectivity index (χ0v) is 14.0. The monoisotopic (exact) mass is 380 g/mol. The van der Waals surface area contributed by atoms with E-state index in [0.717, 1.165) is 4.88 Å². The van der Waals surface area contributed by atoms with Gasteiger partial charge < -0.3 is 4.52 Å². The fraction of sp³-hybridized carbons (Fsp3) is 0.250. The van der Waals surface area contributed by atoms with Gasteiger partial charge in [0.25, 0.3) is 0 Å². The van der Waals surface area contributed by atoms with Crippen LogP contribution in [0.4, 0.5) is 13.2 Å². The Morgan fingerprint density at radius 2 is 2.19 bits per heavy atom. The number of terminal acetylenes is 1. The number of ketones is 1. The molecule has 0 atom stereocenters. The maximum absolute atomic E-state index is 12.5. The lowest BCUT2D eigenvalue weighted by molar-refractivity contribution is -0.159. The maximum atomic E-state index is 12.5. The molecule has 3 aromatic heterocycles. The van der Waals surface area contributed by atoms with E-state index in [1.165, 1.54) is 17.5 Å². The molecule has 10 heteroatoms. The summed E-state index contributed by atoms with van der Waals surface area (Å²) in [6.45, 7) is 0.358. The number of carbonyl (C=O) groups excluding carboxylic acids is 1. The van der Waals surface area contributed by atoms with Crippen molar-refractivity contribution in [3.63, 3.8) is 0 Å². The third kappa shape index (κ3) is 4.00. The van der Waals surface area contributed by atoms with Gasteiger partial charge in [-0.25, -0.2) is 0 Å². The number of thiophene rings is 1. The molecule has 0 aromatic carbocycles. The summed E-state index contributed by atoms with van der Waals surface area (Å²) in [7, 11) is 0. The Morgan fingerprint density at radius 1 is 1.38 bits per heavy atom. The van der Waals surface area contributed by atoms with E-state index in [4.69, 9.17) is 6.42 Å². The van der Waals surface area contributed by atoms with Gasteiger partial charge in [-0.15, -0.1) is 23.7 Å². The van der Waals surface area contributed by atoms with Crippen LogP contribution in [0.25, 0.3) is 10.7 Å². The molecule has 26 heavy (non-hydrogen) atoms. The fourth-order valence-electron chi connectivity index (χ4n) is 2.11. The number of aromatic nitrogens is 4. The molecule has 3 aromatic rings. The standard InChI is InChI=1S/C16H11F3N4O2S/c1-2-3-4-12(24)10-7-20-23(8-10)9-11-5-6-13(26-11)14-21-15(25-22-14)16(17,18)19/h1,5-8H,3-4,9H2. The molecular weight excluding hydrogens is 369 g/mol. The minimum absolute atomic E-state index is 0.0902. The van der Waals surface area contributed by atoms with Crippen LogP contribution in [0.5, 0.6) is 0 Å². The van der Waals surface area contributed by atoms with Crippen molar-refractivity contribution in [2.24, 2.45) is 0 Å².